The van der Waals surface area contributed by atoms with Crippen LogP contribution < -0.4 is 5.73 Å². The van der Waals surface area contributed by atoms with E-state index in [2.05, 4.69) is 0 Å². The molecule has 1 atom stereocenters. The van der Waals surface area contributed by atoms with E-state index < -0.39 is 21.5 Å². The van der Waals surface area contributed by atoms with Crippen LogP contribution in [0.5, 0.6) is 0 Å². The predicted molar refractivity (Wildman–Crippen MR) is 79.0 cm³/mol. The Bertz CT molecular complexity index is 739. The first kappa shape index (κ1) is 15.4. The van der Waals surface area contributed by atoms with Gasteiger partial charge in [0.25, 0.3) is 5.69 Å². The van der Waals surface area contributed by atoms with Crippen molar-refractivity contribution in [2.45, 2.75) is 10.6 Å². The molecule has 2 rings (SSSR count). The van der Waals surface area contributed by atoms with E-state index in [1.54, 1.807) is 0 Å². The number of nitrogens with two attached hydrogens (primary N) is 1. The number of nitrogen functional groups attached to an aromatic ring is 1. The van der Waals surface area contributed by atoms with Gasteiger partial charge >= 0.3 is 0 Å². The molecule has 0 bridgehead atoms. The molecule has 0 spiro atoms. The lowest BCUT2D eigenvalue weighted by Crippen LogP contribution is -2.02. The average Bonchev–Trinajstić information content (AvgIpc) is 2.37. The first-order valence-electron chi connectivity index (χ1n) is 5.74. The molecule has 0 aliphatic rings. The van der Waals surface area contributed by atoms with E-state index in [0.29, 0.717) is 10.6 Å². The molecular formula is C13H10ClFN2O3S. The van der Waals surface area contributed by atoms with E-state index in [9.17, 15) is 18.7 Å². The minimum atomic E-state index is -1.65. The fourth-order valence-electron chi connectivity index (χ4n) is 1.77. The summed E-state index contributed by atoms with van der Waals surface area (Å²) in [6, 6.07) is 7.49. The van der Waals surface area contributed by atoms with Gasteiger partial charge in [-0.05, 0) is 30.3 Å². The first-order valence-corrected chi connectivity index (χ1v) is 7.44. The average molecular weight is 329 g/mol. The molecule has 2 aromatic carbocycles. The predicted octanol–water partition coefficient (Wildman–Crippen LogP) is 3.28. The number of hydrogen-bond donors (Lipinski definition) is 1. The van der Waals surface area contributed by atoms with Crippen LogP contribution in [0.25, 0.3) is 0 Å². The fraction of sp³-hybridized carbons (Fsp3) is 0.0769. The van der Waals surface area contributed by atoms with E-state index >= 15 is 0 Å². The molecule has 0 aromatic heterocycles. The van der Waals surface area contributed by atoms with E-state index in [1.165, 1.54) is 18.2 Å². The van der Waals surface area contributed by atoms with Crippen LogP contribution in [0.3, 0.4) is 0 Å². The van der Waals surface area contributed by atoms with E-state index in [1.807, 2.05) is 0 Å². The van der Waals surface area contributed by atoms with Crippen LogP contribution in [0.4, 0.5) is 15.8 Å². The van der Waals surface area contributed by atoms with Crippen molar-refractivity contribution in [2.24, 2.45) is 0 Å². The Kier molecular flexibility index (Phi) is 4.54. The summed E-state index contributed by atoms with van der Waals surface area (Å²) in [6.07, 6.45) is 0. The number of nitro groups is 1. The van der Waals surface area contributed by atoms with Gasteiger partial charge < -0.3 is 5.73 Å². The molecule has 110 valence electrons. The monoisotopic (exact) mass is 328 g/mol. The number of nitro benzene ring substituents is 1. The molecule has 0 saturated heterocycles. The molecule has 1 unspecified atom stereocenters. The Hall–Kier alpha value is -1.99. The second-order valence-corrected chi connectivity index (χ2v) is 6.04. The largest absolute Gasteiger partial charge is 0.399 e. The Balaban J connectivity index is 2.35. The zero-order chi connectivity index (χ0) is 15.6. The van der Waals surface area contributed by atoms with Crippen molar-refractivity contribution in [2.75, 3.05) is 5.73 Å². The van der Waals surface area contributed by atoms with Crippen LogP contribution >= 0.6 is 11.6 Å². The van der Waals surface area contributed by atoms with Crippen LogP contribution in [0.15, 0.2) is 41.3 Å². The van der Waals surface area contributed by atoms with Gasteiger partial charge in [0.2, 0.25) is 0 Å². The molecule has 0 saturated carbocycles. The number of rotatable bonds is 4. The lowest BCUT2D eigenvalue weighted by atomic mass is 10.2. The maximum atomic E-state index is 13.2. The van der Waals surface area contributed by atoms with E-state index in [-0.39, 0.29) is 22.0 Å². The normalized spacial score (nSPS) is 12.1. The van der Waals surface area contributed by atoms with E-state index in [4.69, 9.17) is 17.3 Å². The summed E-state index contributed by atoms with van der Waals surface area (Å²) >= 11 is 5.94. The molecule has 5 nitrogen and oxygen atoms in total. The number of hydrogen-bond acceptors (Lipinski definition) is 4. The number of nitrogens with zero attached hydrogens (tertiary/aromatic N) is 1. The highest BCUT2D eigenvalue weighted by atomic mass is 35.5. The van der Waals surface area contributed by atoms with Gasteiger partial charge in [0.15, 0.2) is 0 Å². The third-order valence-corrected chi connectivity index (χ3v) is 4.57. The molecule has 0 heterocycles. The molecule has 21 heavy (non-hydrogen) atoms. The van der Waals surface area contributed by atoms with Crippen molar-refractivity contribution in [1.82, 2.24) is 0 Å². The molecule has 0 radical (unpaired) electrons. The zero-order valence-electron chi connectivity index (χ0n) is 10.6. The highest BCUT2D eigenvalue weighted by molar-refractivity contribution is 7.84. The summed E-state index contributed by atoms with van der Waals surface area (Å²) in [4.78, 5) is 10.6. The lowest BCUT2D eigenvalue weighted by molar-refractivity contribution is -0.385. The van der Waals surface area contributed by atoms with Crippen molar-refractivity contribution < 1.29 is 13.5 Å². The van der Waals surface area contributed by atoms with Crippen molar-refractivity contribution in [3.63, 3.8) is 0 Å². The van der Waals surface area contributed by atoms with Gasteiger partial charge in [-0.1, -0.05) is 11.6 Å². The molecule has 0 aliphatic carbocycles. The quantitative estimate of drug-likeness (QED) is 0.530. The van der Waals surface area contributed by atoms with Crippen LogP contribution in [-0.4, -0.2) is 9.13 Å². The van der Waals surface area contributed by atoms with Gasteiger partial charge in [0.05, 0.1) is 31.4 Å². The van der Waals surface area contributed by atoms with Gasteiger partial charge in [-0.3, -0.25) is 14.3 Å². The van der Waals surface area contributed by atoms with Crippen molar-refractivity contribution >= 4 is 33.8 Å². The molecule has 0 aliphatic heterocycles. The van der Waals surface area contributed by atoms with E-state index in [0.717, 1.165) is 18.2 Å². The first-order chi connectivity index (χ1) is 9.88. The van der Waals surface area contributed by atoms with Gasteiger partial charge in [0, 0.05) is 17.3 Å². The molecular weight excluding hydrogens is 319 g/mol. The third-order valence-electron chi connectivity index (χ3n) is 2.73. The van der Waals surface area contributed by atoms with Gasteiger partial charge in [-0.25, -0.2) is 4.39 Å². The van der Waals surface area contributed by atoms with Crippen molar-refractivity contribution in [1.29, 1.82) is 0 Å². The number of benzene rings is 2. The highest BCUT2D eigenvalue weighted by Gasteiger charge is 2.18. The number of halogens is 2. The zero-order valence-corrected chi connectivity index (χ0v) is 12.2. The molecule has 2 N–H and O–H groups in total. The third kappa shape index (κ3) is 3.56. The SMILES string of the molecule is Nc1ccc(S(=O)Cc2cc(F)ccc2[N+](=O)[O-])c(Cl)c1. The summed E-state index contributed by atoms with van der Waals surface area (Å²) in [5.74, 6) is -0.839. The standard InChI is InChI=1S/C13H10ClFN2O3S/c14-11-6-10(16)2-4-13(11)21(20)7-8-5-9(15)1-3-12(8)17(18)19/h1-6H,7,16H2. The van der Waals surface area contributed by atoms with Gasteiger partial charge in [-0.15, -0.1) is 0 Å². The summed E-state index contributed by atoms with van der Waals surface area (Å²) < 4.78 is 25.5. The minimum Gasteiger partial charge on any atom is -0.399 e. The number of anilines is 1. The smallest absolute Gasteiger partial charge is 0.273 e. The maximum absolute atomic E-state index is 13.2. The second-order valence-electron chi connectivity index (χ2n) is 4.21. The highest BCUT2D eigenvalue weighted by Crippen LogP contribution is 2.27. The molecule has 2 aromatic rings. The second kappa shape index (κ2) is 6.19. The van der Waals surface area contributed by atoms with Crippen LogP contribution in [0.2, 0.25) is 5.02 Å². The van der Waals surface area contributed by atoms with Crippen molar-refractivity contribution in [3.8, 4) is 0 Å². The Morgan fingerprint density at radius 1 is 1.29 bits per heavy atom. The Labute approximate surface area is 127 Å². The summed E-state index contributed by atoms with van der Waals surface area (Å²) in [5, 5.41) is 11.1. The van der Waals surface area contributed by atoms with Crippen LogP contribution in [0, 0.1) is 15.9 Å². The lowest BCUT2D eigenvalue weighted by Gasteiger charge is -2.06. The summed E-state index contributed by atoms with van der Waals surface area (Å²) in [5.41, 5.74) is 5.72. The Morgan fingerprint density at radius 3 is 2.62 bits per heavy atom. The minimum absolute atomic E-state index is 0.0474. The molecule has 0 fully saturated rings. The van der Waals surface area contributed by atoms with Gasteiger partial charge in [0.1, 0.15) is 5.82 Å². The molecule has 8 heteroatoms. The maximum Gasteiger partial charge on any atom is 0.273 e. The molecule has 0 amide bonds. The fourth-order valence-corrected chi connectivity index (χ4v) is 3.38. The summed E-state index contributed by atoms with van der Waals surface area (Å²) in [7, 11) is -1.65. The Morgan fingerprint density at radius 2 is 2.00 bits per heavy atom. The topological polar surface area (TPSA) is 86.2 Å². The van der Waals surface area contributed by atoms with Crippen LogP contribution in [-0.2, 0) is 16.6 Å². The summed E-state index contributed by atoms with van der Waals surface area (Å²) in [6.45, 7) is 0. The van der Waals surface area contributed by atoms with Crippen molar-refractivity contribution in [3.05, 3.63) is 62.9 Å². The van der Waals surface area contributed by atoms with Gasteiger partial charge in [-0.2, -0.15) is 0 Å². The van der Waals surface area contributed by atoms with Crippen LogP contribution in [0.1, 0.15) is 5.56 Å².